The second kappa shape index (κ2) is 9.16. The Balaban J connectivity index is 4.77. The first-order chi connectivity index (χ1) is 9.28. The summed E-state index contributed by atoms with van der Waals surface area (Å²) in [7, 11) is 0. The molecule has 8 heteroatoms. The van der Waals surface area contributed by atoms with Crippen molar-refractivity contribution in [2.24, 2.45) is 0 Å². The van der Waals surface area contributed by atoms with Crippen LogP contribution in [0.1, 0.15) is 20.8 Å². The van der Waals surface area contributed by atoms with E-state index in [1.807, 2.05) is 20.8 Å². The van der Waals surface area contributed by atoms with Crippen LogP contribution in [0.2, 0.25) is 13.3 Å². The molecule has 0 spiro atoms. The number of aliphatic hydroxyl groups is 5. The molecule has 0 aliphatic carbocycles. The van der Waals surface area contributed by atoms with E-state index >= 15 is 0 Å². The molecule has 0 amide bonds. The zero-order chi connectivity index (χ0) is 15.9. The number of hydrogen-bond acceptors (Lipinski definition) is 7. The number of carbonyl (C=O) groups is 1. The fourth-order valence-corrected chi connectivity index (χ4v) is 8.98. The molecule has 7 nitrogen and oxygen atoms in total. The molecule has 0 heterocycles. The Morgan fingerprint density at radius 3 is 1.80 bits per heavy atom. The van der Waals surface area contributed by atoms with Gasteiger partial charge in [0.15, 0.2) is 0 Å². The van der Waals surface area contributed by atoms with Gasteiger partial charge in [0, 0.05) is 0 Å². The van der Waals surface area contributed by atoms with Gasteiger partial charge in [0.05, 0.1) is 0 Å². The van der Waals surface area contributed by atoms with E-state index < -0.39 is 55.8 Å². The topological polar surface area (TPSA) is 127 Å². The summed E-state index contributed by atoms with van der Waals surface area (Å²) in [6, 6.07) is 0. The van der Waals surface area contributed by atoms with Crippen LogP contribution in [0.5, 0.6) is 0 Å². The van der Waals surface area contributed by atoms with Crippen molar-refractivity contribution in [2.45, 2.75) is 58.5 Å². The Morgan fingerprint density at radius 2 is 1.45 bits per heavy atom. The maximum absolute atomic E-state index is 11.9. The molecule has 0 aliphatic rings. The van der Waals surface area contributed by atoms with Crippen LogP contribution in [0.25, 0.3) is 0 Å². The van der Waals surface area contributed by atoms with Gasteiger partial charge in [-0.1, -0.05) is 0 Å². The molecule has 0 bridgehead atoms. The Hall–Kier alpha value is 0.0687. The quantitative estimate of drug-likeness (QED) is 0.313. The van der Waals surface area contributed by atoms with Crippen LogP contribution in [0, 0.1) is 0 Å². The summed E-state index contributed by atoms with van der Waals surface area (Å²) in [4.78, 5) is 11.9. The molecule has 0 saturated heterocycles. The fraction of sp³-hybridized carbons (Fsp3) is 0.917. The van der Waals surface area contributed by atoms with Gasteiger partial charge in [-0.05, 0) is 0 Å². The van der Waals surface area contributed by atoms with Crippen molar-refractivity contribution in [1.29, 1.82) is 0 Å². The average Bonchev–Trinajstić information content (AvgIpc) is 2.49. The minimum atomic E-state index is -3.07. The number of aliphatic hydroxyl groups excluding tert-OH is 5. The number of carbonyl (C=O) groups excluding carboxylic acids is 1. The Kier molecular flexibility index (Phi) is 9.19. The third-order valence-electron chi connectivity index (χ3n) is 3.75. The van der Waals surface area contributed by atoms with Crippen molar-refractivity contribution in [3.8, 4) is 0 Å². The summed E-state index contributed by atoms with van der Waals surface area (Å²) in [5, 5.41) is 46.7. The van der Waals surface area contributed by atoms with Crippen LogP contribution in [0.4, 0.5) is 0 Å². The Morgan fingerprint density at radius 1 is 1.00 bits per heavy atom. The first-order valence-electron chi connectivity index (χ1n) is 6.84. The standard InChI is InChI=1S/C6H12O7.3C2H5.Sn/c7-1-2(8)3(9)4(10)5(11)6(12)13;3*1-2;/h2-5,7-11H,1H2,(H,12,13);3*1H2,2H3;/q;;;;+1/p-1/t2-,3-,4+,5-;;;;/m1..../s1. The number of hydrogen-bond donors (Lipinski definition) is 5. The van der Waals surface area contributed by atoms with E-state index in [0.29, 0.717) is 0 Å². The van der Waals surface area contributed by atoms with Crippen LogP contribution in [-0.4, -0.2) is 81.3 Å². The average molecular weight is 401 g/mol. The molecule has 5 N–H and O–H groups in total. The van der Waals surface area contributed by atoms with Gasteiger partial charge in [-0.3, -0.25) is 0 Å². The monoisotopic (exact) mass is 402 g/mol. The predicted molar refractivity (Wildman–Crippen MR) is 74.4 cm³/mol. The maximum atomic E-state index is 11.9. The summed E-state index contributed by atoms with van der Waals surface area (Å²) in [5.41, 5.74) is 0. The fourth-order valence-electron chi connectivity index (χ4n) is 1.90. The van der Waals surface area contributed by atoms with E-state index in [4.69, 9.17) is 8.18 Å². The van der Waals surface area contributed by atoms with Crippen LogP contribution in [0.15, 0.2) is 0 Å². The SMILES string of the molecule is C[CH2][Sn]([CH2]C)([CH2]C)[O]C(=O)[C@H](O)[C@@H](O)[C@H](O)[C@H](O)CO. The van der Waals surface area contributed by atoms with Gasteiger partial charge in [-0.25, -0.2) is 0 Å². The molecule has 0 radical (unpaired) electrons. The van der Waals surface area contributed by atoms with E-state index in [0.717, 1.165) is 13.3 Å². The third kappa shape index (κ3) is 5.12. The molecule has 0 aliphatic heterocycles. The van der Waals surface area contributed by atoms with Gasteiger partial charge in [0.2, 0.25) is 0 Å². The summed E-state index contributed by atoms with van der Waals surface area (Å²) in [5.74, 6) is -0.969. The van der Waals surface area contributed by atoms with Gasteiger partial charge < -0.3 is 0 Å². The van der Waals surface area contributed by atoms with Crippen molar-refractivity contribution in [1.82, 2.24) is 0 Å². The molecular formula is C12H26O7Sn. The minimum absolute atomic E-state index is 0.762. The van der Waals surface area contributed by atoms with E-state index in [-0.39, 0.29) is 0 Å². The normalized spacial score (nSPS) is 18.2. The molecule has 0 aromatic heterocycles. The zero-order valence-electron chi connectivity index (χ0n) is 12.2. The molecule has 120 valence electrons. The predicted octanol–water partition coefficient (Wildman–Crippen LogP) is -1.03. The first kappa shape index (κ1) is 20.1. The van der Waals surface area contributed by atoms with Gasteiger partial charge in [-0.2, -0.15) is 0 Å². The second-order valence-electron chi connectivity index (χ2n) is 4.84. The van der Waals surface area contributed by atoms with E-state index in [1.165, 1.54) is 0 Å². The molecule has 20 heavy (non-hydrogen) atoms. The van der Waals surface area contributed by atoms with Crippen molar-refractivity contribution >= 4 is 24.8 Å². The van der Waals surface area contributed by atoms with Crippen LogP contribution < -0.4 is 0 Å². The van der Waals surface area contributed by atoms with Crippen LogP contribution in [-0.2, 0) is 7.87 Å². The van der Waals surface area contributed by atoms with E-state index in [1.54, 1.807) is 0 Å². The summed E-state index contributed by atoms with van der Waals surface area (Å²) in [6.07, 6.45) is -7.30. The van der Waals surface area contributed by atoms with Crippen molar-refractivity contribution in [3.05, 3.63) is 0 Å². The van der Waals surface area contributed by atoms with Gasteiger partial charge in [0.1, 0.15) is 0 Å². The zero-order valence-corrected chi connectivity index (χ0v) is 15.0. The number of rotatable bonds is 9. The van der Waals surface area contributed by atoms with Gasteiger partial charge >= 0.3 is 123 Å². The van der Waals surface area contributed by atoms with Crippen LogP contribution >= 0.6 is 0 Å². The first-order valence-corrected chi connectivity index (χ1v) is 14.1. The molecule has 0 unspecified atom stereocenters. The second-order valence-corrected chi connectivity index (χ2v) is 18.2. The van der Waals surface area contributed by atoms with Crippen molar-refractivity contribution in [2.75, 3.05) is 6.61 Å². The van der Waals surface area contributed by atoms with Crippen molar-refractivity contribution in [3.63, 3.8) is 0 Å². The Labute approximate surface area is 123 Å². The molecule has 0 aromatic carbocycles. The van der Waals surface area contributed by atoms with E-state index in [9.17, 15) is 25.2 Å². The summed E-state index contributed by atoms with van der Waals surface area (Å²) < 4.78 is 7.72. The van der Waals surface area contributed by atoms with Crippen molar-refractivity contribution < 1.29 is 33.4 Å². The molecule has 0 fully saturated rings. The third-order valence-corrected chi connectivity index (χ3v) is 16.6. The summed E-state index contributed by atoms with van der Waals surface area (Å²) in [6.45, 7) is 5.01. The van der Waals surface area contributed by atoms with Gasteiger partial charge in [0.25, 0.3) is 0 Å². The molecular weight excluding hydrogens is 375 g/mol. The molecule has 4 atom stereocenters. The van der Waals surface area contributed by atoms with E-state index in [2.05, 4.69) is 0 Å². The molecule has 0 aromatic rings. The molecule has 0 saturated carbocycles. The van der Waals surface area contributed by atoms with Crippen LogP contribution in [0.3, 0.4) is 0 Å². The Bertz CT molecular complexity index is 287. The van der Waals surface area contributed by atoms with Gasteiger partial charge in [-0.15, -0.1) is 0 Å². The summed E-state index contributed by atoms with van der Waals surface area (Å²) >= 11 is -3.07. The molecule has 0 rings (SSSR count).